The first-order chi connectivity index (χ1) is 20.4. The van der Waals surface area contributed by atoms with E-state index in [-0.39, 0.29) is 70.5 Å². The Morgan fingerprint density at radius 1 is 1.00 bits per heavy atom. The molecular weight excluding hydrogens is 625 g/mol. The second-order valence-corrected chi connectivity index (χ2v) is 9.86. The summed E-state index contributed by atoms with van der Waals surface area (Å²) in [6.07, 6.45) is 4.60. The summed E-state index contributed by atoms with van der Waals surface area (Å²) in [5.74, 6) is 6.07. The van der Waals surface area contributed by atoms with E-state index in [4.69, 9.17) is 27.3 Å². The Morgan fingerprint density at radius 3 is 2.37 bits per heavy atom. The van der Waals surface area contributed by atoms with Crippen molar-refractivity contribution in [1.29, 1.82) is 0 Å². The smallest absolute Gasteiger partial charge is 0.229 e. The van der Waals surface area contributed by atoms with Gasteiger partial charge in [-0.1, -0.05) is 69.2 Å². The molecule has 1 radical (unpaired) electrons. The predicted molar refractivity (Wildman–Crippen MR) is 167 cm³/mol. The molecule has 0 fully saturated rings. The Labute approximate surface area is 280 Å². The molecule has 11 nitrogen and oxygen atoms in total. The van der Waals surface area contributed by atoms with Gasteiger partial charge in [-0.25, -0.2) is 10.7 Å². The van der Waals surface area contributed by atoms with Crippen LogP contribution >= 0.6 is 0 Å². The van der Waals surface area contributed by atoms with Gasteiger partial charge in [-0.2, -0.15) is 0 Å². The molecule has 7 N–H and O–H groups in total. The van der Waals surface area contributed by atoms with E-state index in [2.05, 4.69) is 17.1 Å². The number of ether oxygens (including phenoxy) is 1. The first kappa shape index (κ1) is 38.6. The van der Waals surface area contributed by atoms with E-state index in [1.54, 1.807) is 4.90 Å². The molecule has 2 aromatic carbocycles. The van der Waals surface area contributed by atoms with Gasteiger partial charge in [0.05, 0.1) is 36.8 Å². The zero-order chi connectivity index (χ0) is 30.7. The minimum atomic E-state index is -0.137. The average molecular weight is 673 g/mol. The van der Waals surface area contributed by atoms with Gasteiger partial charge in [0, 0.05) is 76.4 Å². The van der Waals surface area contributed by atoms with Gasteiger partial charge in [-0.15, -0.1) is 6.54 Å². The van der Waals surface area contributed by atoms with Crippen LogP contribution in [0.4, 0.5) is 5.69 Å². The summed E-state index contributed by atoms with van der Waals surface area (Å²) < 4.78 is 5.35. The van der Waals surface area contributed by atoms with Gasteiger partial charge < -0.3 is 31.4 Å². The number of hydrazine groups is 1. The van der Waals surface area contributed by atoms with Gasteiger partial charge >= 0.3 is 0 Å². The molecule has 0 atom stereocenters. The summed E-state index contributed by atoms with van der Waals surface area (Å²) >= 11 is 0. The maximum atomic E-state index is 13.4. The number of fused-ring (bicyclic) bond motifs is 2. The number of unbranched alkanes of at least 4 members (excludes halogenated alkanes) is 2. The quantitative estimate of drug-likeness (QED) is 0.0927. The van der Waals surface area contributed by atoms with Crippen LogP contribution in [0, 0.1) is 0 Å². The van der Waals surface area contributed by atoms with E-state index in [1.807, 2.05) is 55.5 Å². The maximum Gasteiger partial charge on any atom is 0.229 e. The summed E-state index contributed by atoms with van der Waals surface area (Å²) in [5, 5.41) is 12.1. The fraction of sp³-hybridized carbons (Fsp3) is 0.484. The molecule has 12 heteroatoms. The summed E-state index contributed by atoms with van der Waals surface area (Å²) in [6, 6.07) is 15.1. The van der Waals surface area contributed by atoms with Crippen molar-refractivity contribution >= 4 is 28.9 Å². The number of nitrogens with two attached hydrogens (primary N) is 2. The van der Waals surface area contributed by atoms with Crippen molar-refractivity contribution in [3.05, 3.63) is 71.0 Å². The molecule has 0 bridgehead atoms. The van der Waals surface area contributed by atoms with Crippen LogP contribution in [0.3, 0.4) is 0 Å². The molecule has 43 heavy (non-hydrogen) atoms. The van der Waals surface area contributed by atoms with Crippen LogP contribution in [0.25, 0.3) is 17.1 Å². The van der Waals surface area contributed by atoms with Crippen molar-refractivity contribution < 1.29 is 57.2 Å². The second kappa shape index (κ2) is 22.2. The molecule has 3 rings (SSSR count). The molecule has 0 aromatic heterocycles. The molecule has 2 amide bonds. The van der Waals surface area contributed by atoms with Gasteiger partial charge in [0.2, 0.25) is 11.8 Å². The first-order valence-corrected chi connectivity index (χ1v) is 14.6. The van der Waals surface area contributed by atoms with Crippen molar-refractivity contribution in [1.82, 2.24) is 10.3 Å². The minimum Gasteiger partial charge on any atom is -0.676 e. The predicted octanol–water partition coefficient (Wildman–Crippen LogP) is 4.53. The Hall–Kier alpha value is -2.38. The number of hydrogen-bond donors (Lipinski definition) is 4. The fourth-order valence-corrected chi connectivity index (χ4v) is 4.48. The standard InChI is InChI=1S/C26H35N6O3.C5H12O2.Y/c1-2-16-35-17-12-23(33)30-14-11-24(34)31-18-19-7-3-4-8-20(19)26(32(29)15-13-27)25(28)21-9-5-6-10-22(21)31;1-2-3-4-5-7-6;/h3-10,27H,2,11-18,28-29H2,1H3,(H,30,33);6H,2-5H2,1H3;/q-1;;/b26-25-;;. The number of benzene rings is 2. The zero-order valence-electron chi connectivity index (χ0n) is 25.5. The largest absolute Gasteiger partial charge is 0.676 e. The molecule has 2 aromatic rings. The summed E-state index contributed by atoms with van der Waals surface area (Å²) in [6.45, 7) is 6.61. The summed E-state index contributed by atoms with van der Waals surface area (Å²) in [5.41, 5.74) is 18.5. The summed E-state index contributed by atoms with van der Waals surface area (Å²) in [4.78, 5) is 31.0. The van der Waals surface area contributed by atoms with Crippen LogP contribution in [-0.4, -0.2) is 61.5 Å². The normalized spacial score (nSPS) is 13.7. The molecule has 0 unspecified atom stereocenters. The van der Waals surface area contributed by atoms with E-state index < -0.39 is 0 Å². The van der Waals surface area contributed by atoms with Crippen LogP contribution in [0.5, 0.6) is 0 Å². The Bertz CT molecular complexity index is 1150. The molecular formula is C31H47N6O5Y-. The van der Waals surface area contributed by atoms with E-state index in [0.717, 1.165) is 30.4 Å². The summed E-state index contributed by atoms with van der Waals surface area (Å²) in [7, 11) is 0. The third-order valence-electron chi connectivity index (χ3n) is 6.60. The third kappa shape index (κ3) is 12.6. The van der Waals surface area contributed by atoms with Gasteiger partial charge in [0.1, 0.15) is 0 Å². The molecule has 1 aliphatic heterocycles. The second-order valence-electron chi connectivity index (χ2n) is 9.86. The number of hydrogen-bond acceptors (Lipinski definition) is 8. The SMILES string of the molecule is CCCCCOO.CCCOCCC(=O)NCCC(=O)N1Cc2ccccc2/C(N(N)CC[NH-])=C(/N)c2ccccc21.[Y]. The van der Waals surface area contributed by atoms with Crippen LogP contribution in [0.2, 0.25) is 0 Å². The van der Waals surface area contributed by atoms with Gasteiger partial charge in [0.15, 0.2) is 0 Å². The first-order valence-electron chi connectivity index (χ1n) is 14.6. The van der Waals surface area contributed by atoms with E-state index >= 15 is 0 Å². The third-order valence-corrected chi connectivity index (χ3v) is 6.60. The maximum absolute atomic E-state index is 13.4. The van der Waals surface area contributed by atoms with Crippen molar-refractivity contribution in [2.45, 2.75) is 58.9 Å². The number of amides is 2. The zero-order valence-corrected chi connectivity index (χ0v) is 28.4. The van der Waals surface area contributed by atoms with Crippen LogP contribution < -0.4 is 21.8 Å². The Balaban J connectivity index is 0.00000103. The molecule has 1 heterocycles. The Morgan fingerprint density at radius 2 is 1.70 bits per heavy atom. The van der Waals surface area contributed by atoms with Crippen LogP contribution in [0.15, 0.2) is 48.5 Å². The molecule has 0 spiro atoms. The topological polar surface area (TPSA) is 167 Å². The van der Waals surface area contributed by atoms with Crippen molar-refractivity contribution in [3.63, 3.8) is 0 Å². The number of nitrogens with zero attached hydrogens (tertiary/aromatic N) is 2. The van der Waals surface area contributed by atoms with Gasteiger partial charge in [-0.3, -0.25) is 14.8 Å². The number of carbonyl (C=O) groups excluding carboxylic acids is 2. The van der Waals surface area contributed by atoms with Crippen molar-refractivity contribution in [2.75, 3.05) is 44.4 Å². The molecule has 1 aliphatic rings. The molecule has 0 saturated carbocycles. The van der Waals surface area contributed by atoms with Crippen LogP contribution in [-0.2, 0) is 58.5 Å². The monoisotopic (exact) mass is 672 g/mol. The number of para-hydroxylation sites is 1. The van der Waals surface area contributed by atoms with E-state index in [9.17, 15) is 9.59 Å². The average Bonchev–Trinajstić information content (AvgIpc) is 2.99. The molecule has 0 aliphatic carbocycles. The number of nitrogens with one attached hydrogen (secondary N) is 2. The fourth-order valence-electron chi connectivity index (χ4n) is 4.48. The minimum absolute atomic E-state index is 0. The van der Waals surface area contributed by atoms with Gasteiger partial charge in [0.25, 0.3) is 0 Å². The van der Waals surface area contributed by atoms with Crippen LogP contribution in [0.1, 0.15) is 69.1 Å². The van der Waals surface area contributed by atoms with E-state index in [1.165, 1.54) is 11.4 Å². The van der Waals surface area contributed by atoms with Crippen molar-refractivity contribution in [3.8, 4) is 0 Å². The van der Waals surface area contributed by atoms with Crippen molar-refractivity contribution in [2.24, 2.45) is 11.6 Å². The molecule has 0 saturated heterocycles. The Kier molecular flexibility index (Phi) is 19.9. The van der Waals surface area contributed by atoms with E-state index in [0.29, 0.717) is 55.6 Å². The number of rotatable bonds is 15. The van der Waals surface area contributed by atoms with Gasteiger partial charge in [-0.05, 0) is 24.5 Å². The number of carbonyl (C=O) groups is 2. The molecule has 235 valence electrons. The number of anilines is 1.